The second kappa shape index (κ2) is 6.90. The van der Waals surface area contributed by atoms with E-state index in [1.165, 1.54) is 23.5 Å². The van der Waals surface area contributed by atoms with Gasteiger partial charge in [0.1, 0.15) is 16.3 Å². The Labute approximate surface area is 154 Å². The van der Waals surface area contributed by atoms with Gasteiger partial charge in [0.2, 0.25) is 0 Å². The largest absolute Gasteiger partial charge is 0.373 e. The van der Waals surface area contributed by atoms with Gasteiger partial charge in [-0.25, -0.2) is 9.37 Å². The van der Waals surface area contributed by atoms with E-state index in [0.29, 0.717) is 22.6 Å². The second-order valence-corrected chi connectivity index (χ2v) is 7.85. The Balaban J connectivity index is 1.64. The monoisotopic (exact) mass is 373 g/mol. The summed E-state index contributed by atoms with van der Waals surface area (Å²) in [6.45, 7) is 6.32. The molecule has 0 aliphatic carbocycles. The van der Waals surface area contributed by atoms with Crippen LogP contribution in [0.1, 0.15) is 19.7 Å². The molecule has 0 amide bonds. The lowest BCUT2D eigenvalue weighted by Gasteiger charge is -2.34. The van der Waals surface area contributed by atoms with Crippen molar-refractivity contribution in [1.82, 2.24) is 14.9 Å². The third kappa shape index (κ3) is 3.56. The van der Waals surface area contributed by atoms with E-state index < -0.39 is 0 Å². The number of hydrogen-bond acceptors (Lipinski definition) is 5. The molecule has 1 fully saturated rings. The molecule has 3 heterocycles. The summed E-state index contributed by atoms with van der Waals surface area (Å²) in [4.78, 5) is 23.2. The van der Waals surface area contributed by atoms with Crippen molar-refractivity contribution in [2.75, 3.05) is 13.1 Å². The van der Waals surface area contributed by atoms with Crippen molar-refractivity contribution < 1.29 is 9.13 Å². The third-order valence-corrected chi connectivity index (χ3v) is 5.60. The fourth-order valence-corrected chi connectivity index (χ4v) is 4.44. The Morgan fingerprint density at radius 3 is 2.65 bits per heavy atom. The molecule has 5 nitrogen and oxygen atoms in total. The molecule has 2 atom stereocenters. The number of hydrogen-bond donors (Lipinski definition) is 1. The zero-order valence-corrected chi connectivity index (χ0v) is 15.5. The lowest BCUT2D eigenvalue weighted by molar-refractivity contribution is -0.0710. The normalized spacial score (nSPS) is 21.3. The van der Waals surface area contributed by atoms with Gasteiger partial charge in [0.05, 0.1) is 24.3 Å². The van der Waals surface area contributed by atoms with E-state index in [1.807, 2.05) is 6.07 Å². The minimum absolute atomic E-state index is 0.127. The molecule has 0 unspecified atom stereocenters. The lowest BCUT2D eigenvalue weighted by Crippen LogP contribution is -2.45. The minimum Gasteiger partial charge on any atom is -0.373 e. The highest BCUT2D eigenvalue weighted by Crippen LogP contribution is 2.31. The summed E-state index contributed by atoms with van der Waals surface area (Å²) in [6.07, 6.45) is 0.334. The van der Waals surface area contributed by atoms with E-state index in [2.05, 4.69) is 28.7 Å². The number of nitrogens with one attached hydrogen (secondary N) is 1. The maximum atomic E-state index is 13.1. The van der Waals surface area contributed by atoms with Gasteiger partial charge in [-0.2, -0.15) is 0 Å². The van der Waals surface area contributed by atoms with Crippen LogP contribution in [0.15, 0.2) is 35.1 Å². The SMILES string of the molecule is C[C@H]1CN(Cc2nc3cc(-c4ccc(F)cc4)sc3c(=O)[nH]2)C[C@H](C)O1. The van der Waals surface area contributed by atoms with Crippen LogP contribution in [0.5, 0.6) is 0 Å². The summed E-state index contributed by atoms with van der Waals surface area (Å²) >= 11 is 1.38. The van der Waals surface area contributed by atoms with Crippen LogP contribution in [0.3, 0.4) is 0 Å². The van der Waals surface area contributed by atoms with Crippen LogP contribution in [0, 0.1) is 5.82 Å². The molecular weight excluding hydrogens is 353 g/mol. The molecule has 1 aliphatic rings. The highest BCUT2D eigenvalue weighted by molar-refractivity contribution is 7.22. The van der Waals surface area contributed by atoms with Crippen LogP contribution in [0.4, 0.5) is 4.39 Å². The van der Waals surface area contributed by atoms with Crippen molar-refractivity contribution >= 4 is 21.6 Å². The summed E-state index contributed by atoms with van der Waals surface area (Å²) in [5.41, 5.74) is 1.44. The summed E-state index contributed by atoms with van der Waals surface area (Å²) < 4.78 is 19.5. The molecule has 136 valence electrons. The molecule has 0 bridgehead atoms. The highest BCUT2D eigenvalue weighted by atomic mass is 32.1. The first-order valence-corrected chi connectivity index (χ1v) is 9.46. The number of aromatic amines is 1. The summed E-state index contributed by atoms with van der Waals surface area (Å²) in [5.74, 6) is 0.384. The Morgan fingerprint density at radius 2 is 1.96 bits per heavy atom. The van der Waals surface area contributed by atoms with E-state index in [4.69, 9.17) is 4.74 Å². The first-order chi connectivity index (χ1) is 12.5. The van der Waals surface area contributed by atoms with Gasteiger partial charge in [-0.15, -0.1) is 11.3 Å². The van der Waals surface area contributed by atoms with Crippen LogP contribution in [0.25, 0.3) is 20.7 Å². The van der Waals surface area contributed by atoms with Crippen molar-refractivity contribution in [2.24, 2.45) is 0 Å². The molecule has 7 heteroatoms. The molecule has 1 saturated heterocycles. The fourth-order valence-electron chi connectivity index (χ4n) is 3.44. The topological polar surface area (TPSA) is 58.2 Å². The number of halogens is 1. The van der Waals surface area contributed by atoms with Gasteiger partial charge in [0.25, 0.3) is 5.56 Å². The zero-order chi connectivity index (χ0) is 18.3. The fraction of sp³-hybridized carbons (Fsp3) is 0.368. The molecule has 1 aliphatic heterocycles. The van der Waals surface area contributed by atoms with Gasteiger partial charge >= 0.3 is 0 Å². The molecule has 1 N–H and O–H groups in total. The number of fused-ring (bicyclic) bond motifs is 1. The average molecular weight is 373 g/mol. The van der Waals surface area contributed by atoms with Crippen molar-refractivity contribution in [1.29, 1.82) is 0 Å². The highest BCUT2D eigenvalue weighted by Gasteiger charge is 2.23. The number of thiophene rings is 1. The number of morpholine rings is 1. The molecule has 1 aromatic carbocycles. The van der Waals surface area contributed by atoms with E-state index in [-0.39, 0.29) is 23.6 Å². The van der Waals surface area contributed by atoms with Gasteiger partial charge in [-0.3, -0.25) is 9.69 Å². The van der Waals surface area contributed by atoms with E-state index in [1.54, 1.807) is 12.1 Å². The zero-order valence-electron chi connectivity index (χ0n) is 14.7. The van der Waals surface area contributed by atoms with Crippen LogP contribution >= 0.6 is 11.3 Å². The molecule has 2 aromatic heterocycles. The predicted octanol–water partition coefficient (Wildman–Crippen LogP) is 3.40. The summed E-state index contributed by atoms with van der Waals surface area (Å²) in [6, 6.07) is 8.17. The molecule has 26 heavy (non-hydrogen) atoms. The molecule has 0 radical (unpaired) electrons. The molecule has 0 spiro atoms. The van der Waals surface area contributed by atoms with Gasteiger partial charge < -0.3 is 9.72 Å². The first kappa shape index (κ1) is 17.3. The lowest BCUT2D eigenvalue weighted by atomic mass is 10.2. The molecule has 3 aromatic rings. The molecular formula is C19H20FN3O2S. The Kier molecular flexibility index (Phi) is 4.60. The van der Waals surface area contributed by atoms with Crippen molar-refractivity contribution in [3.8, 4) is 10.4 Å². The summed E-state index contributed by atoms with van der Waals surface area (Å²) in [5, 5.41) is 0. The van der Waals surface area contributed by atoms with E-state index in [9.17, 15) is 9.18 Å². The van der Waals surface area contributed by atoms with Crippen LogP contribution in [0.2, 0.25) is 0 Å². The second-order valence-electron chi connectivity index (χ2n) is 6.80. The van der Waals surface area contributed by atoms with Crippen LogP contribution < -0.4 is 5.56 Å². The Morgan fingerprint density at radius 1 is 1.27 bits per heavy atom. The number of rotatable bonds is 3. The van der Waals surface area contributed by atoms with Crippen LogP contribution in [-0.2, 0) is 11.3 Å². The average Bonchev–Trinajstić information content (AvgIpc) is 2.99. The third-order valence-electron chi connectivity index (χ3n) is 4.43. The minimum atomic E-state index is -0.276. The van der Waals surface area contributed by atoms with E-state index >= 15 is 0 Å². The predicted molar refractivity (Wildman–Crippen MR) is 101 cm³/mol. The van der Waals surface area contributed by atoms with Gasteiger partial charge in [0, 0.05) is 18.0 Å². The number of aromatic nitrogens is 2. The number of H-pyrrole nitrogens is 1. The quantitative estimate of drug-likeness (QED) is 0.764. The van der Waals surface area contributed by atoms with Crippen molar-refractivity contribution in [3.63, 3.8) is 0 Å². The van der Waals surface area contributed by atoms with Gasteiger partial charge in [-0.05, 0) is 37.6 Å². The van der Waals surface area contributed by atoms with Crippen LogP contribution in [-0.4, -0.2) is 40.2 Å². The standard InChI is InChI=1S/C19H20FN3O2S/c1-11-8-23(9-12(2)25-11)10-17-21-15-7-16(26-18(15)19(24)22-17)13-3-5-14(20)6-4-13/h3-7,11-12H,8-10H2,1-2H3,(H,21,22,24)/t11-,12-/m0/s1. The first-order valence-electron chi connectivity index (χ1n) is 8.64. The van der Waals surface area contributed by atoms with Gasteiger partial charge in [0.15, 0.2) is 0 Å². The van der Waals surface area contributed by atoms with Gasteiger partial charge in [-0.1, -0.05) is 12.1 Å². The summed E-state index contributed by atoms with van der Waals surface area (Å²) in [7, 11) is 0. The van der Waals surface area contributed by atoms with Crippen molar-refractivity contribution in [2.45, 2.75) is 32.6 Å². The van der Waals surface area contributed by atoms with Crippen molar-refractivity contribution in [3.05, 3.63) is 52.3 Å². The van der Waals surface area contributed by atoms with E-state index in [0.717, 1.165) is 23.5 Å². The maximum Gasteiger partial charge on any atom is 0.268 e. The number of benzene rings is 1. The molecule has 0 saturated carbocycles. The smallest absolute Gasteiger partial charge is 0.268 e. The number of nitrogens with zero attached hydrogens (tertiary/aromatic N) is 2. The Bertz CT molecular complexity index is 973. The maximum absolute atomic E-state index is 13.1. The Hall–Kier alpha value is -2.09. The number of ether oxygens (including phenoxy) is 1. The molecule has 4 rings (SSSR count).